The summed E-state index contributed by atoms with van der Waals surface area (Å²) in [6.07, 6.45) is 0. The van der Waals surface area contributed by atoms with Gasteiger partial charge in [-0.3, -0.25) is 9.52 Å². The van der Waals surface area contributed by atoms with E-state index in [9.17, 15) is 13.2 Å². The molecule has 180 valence electrons. The average Bonchev–Trinajstić information content (AvgIpc) is 2.80. The van der Waals surface area contributed by atoms with Crippen molar-refractivity contribution in [2.75, 3.05) is 11.8 Å². The topological polar surface area (TPSA) is 84.5 Å². The van der Waals surface area contributed by atoms with Gasteiger partial charge in [0.1, 0.15) is 5.75 Å². The number of methoxy groups -OCH3 is 1. The molecule has 0 heterocycles. The van der Waals surface area contributed by atoms with Crippen molar-refractivity contribution < 1.29 is 17.9 Å². The average molecular weight is 481 g/mol. The first-order valence-corrected chi connectivity index (χ1v) is 12.7. The number of carbonyl (C=O) groups is 1. The third kappa shape index (κ3) is 5.59. The van der Waals surface area contributed by atoms with Gasteiger partial charge in [-0.05, 0) is 85.3 Å². The largest absolute Gasteiger partial charge is 0.496 e. The highest BCUT2D eigenvalue weighted by Gasteiger charge is 2.19. The van der Waals surface area contributed by atoms with Crippen LogP contribution in [-0.2, 0) is 10.0 Å². The Bertz CT molecular complexity index is 1290. The predicted octanol–water partition coefficient (Wildman–Crippen LogP) is 5.73. The van der Waals surface area contributed by atoms with Crippen LogP contribution in [0.5, 0.6) is 5.75 Å². The van der Waals surface area contributed by atoms with Crippen molar-refractivity contribution >= 4 is 21.6 Å². The van der Waals surface area contributed by atoms with Gasteiger partial charge in [0.15, 0.2) is 0 Å². The Morgan fingerprint density at radius 3 is 2.18 bits per heavy atom. The third-order valence-electron chi connectivity index (χ3n) is 5.85. The second kappa shape index (κ2) is 10.3. The van der Waals surface area contributed by atoms with Gasteiger partial charge in [0.2, 0.25) is 0 Å². The van der Waals surface area contributed by atoms with Crippen LogP contribution in [0.2, 0.25) is 0 Å². The van der Waals surface area contributed by atoms with Crippen LogP contribution in [0.1, 0.15) is 65.3 Å². The molecule has 3 aromatic rings. The van der Waals surface area contributed by atoms with Crippen LogP contribution in [0, 0.1) is 13.8 Å². The van der Waals surface area contributed by atoms with E-state index in [1.165, 1.54) is 12.1 Å². The normalized spacial score (nSPS) is 12.3. The summed E-state index contributed by atoms with van der Waals surface area (Å²) in [6.45, 7) is 9.92. The van der Waals surface area contributed by atoms with Gasteiger partial charge in [-0.1, -0.05) is 38.1 Å². The molecule has 0 aromatic heterocycles. The lowest BCUT2D eigenvalue weighted by molar-refractivity contribution is 0.0940. The smallest absolute Gasteiger partial charge is 0.261 e. The molecule has 0 saturated carbocycles. The van der Waals surface area contributed by atoms with Crippen LogP contribution >= 0.6 is 0 Å². The molecular formula is C27H32N2O4S. The SMILES string of the molecule is COc1cc(C)c([C@@H](C)NC(=O)c2ccc(C)c(NS(=O)(=O)c3ccccc3)c2)cc1C(C)C. The zero-order chi connectivity index (χ0) is 25.0. The molecule has 0 aliphatic heterocycles. The van der Waals surface area contributed by atoms with Gasteiger partial charge in [0.25, 0.3) is 15.9 Å². The predicted molar refractivity (Wildman–Crippen MR) is 136 cm³/mol. The highest BCUT2D eigenvalue weighted by atomic mass is 32.2. The van der Waals surface area contributed by atoms with Gasteiger partial charge >= 0.3 is 0 Å². The van der Waals surface area contributed by atoms with E-state index in [1.807, 2.05) is 19.9 Å². The van der Waals surface area contributed by atoms with Crippen LogP contribution < -0.4 is 14.8 Å². The molecule has 0 aliphatic rings. The van der Waals surface area contributed by atoms with Gasteiger partial charge < -0.3 is 10.1 Å². The zero-order valence-corrected chi connectivity index (χ0v) is 21.3. The molecule has 0 bridgehead atoms. The van der Waals surface area contributed by atoms with E-state index in [1.54, 1.807) is 50.4 Å². The zero-order valence-electron chi connectivity index (χ0n) is 20.5. The van der Waals surface area contributed by atoms with Crippen LogP contribution in [0.4, 0.5) is 5.69 Å². The van der Waals surface area contributed by atoms with Crippen molar-refractivity contribution in [3.05, 3.63) is 88.5 Å². The van der Waals surface area contributed by atoms with E-state index < -0.39 is 10.0 Å². The molecule has 34 heavy (non-hydrogen) atoms. The summed E-state index contributed by atoms with van der Waals surface area (Å²) in [5.74, 6) is 0.826. The van der Waals surface area contributed by atoms with Gasteiger partial charge in [-0.25, -0.2) is 8.42 Å². The molecule has 2 N–H and O–H groups in total. The van der Waals surface area contributed by atoms with E-state index in [0.29, 0.717) is 11.3 Å². The number of hydrogen-bond donors (Lipinski definition) is 2. The number of hydrogen-bond acceptors (Lipinski definition) is 4. The molecule has 0 saturated heterocycles. The Balaban J connectivity index is 1.84. The maximum atomic E-state index is 13.1. The highest BCUT2D eigenvalue weighted by molar-refractivity contribution is 7.92. The first kappa shape index (κ1) is 25.3. The Morgan fingerprint density at radius 2 is 1.56 bits per heavy atom. The van der Waals surface area contributed by atoms with Crippen LogP contribution in [-0.4, -0.2) is 21.4 Å². The molecule has 3 aromatic carbocycles. The van der Waals surface area contributed by atoms with Crippen molar-refractivity contribution in [1.82, 2.24) is 5.32 Å². The quantitative estimate of drug-likeness (QED) is 0.431. The summed E-state index contributed by atoms with van der Waals surface area (Å²) in [6, 6.07) is 17.0. The number of benzene rings is 3. The number of amides is 1. The minimum absolute atomic E-state index is 0.161. The van der Waals surface area contributed by atoms with Crippen LogP contribution in [0.25, 0.3) is 0 Å². The monoisotopic (exact) mass is 480 g/mol. The summed E-state index contributed by atoms with van der Waals surface area (Å²) < 4.78 is 33.6. The molecular weight excluding hydrogens is 448 g/mol. The van der Waals surface area contributed by atoms with Crippen molar-refractivity contribution in [3.63, 3.8) is 0 Å². The Hall–Kier alpha value is -3.32. The Labute approximate surface area is 202 Å². The van der Waals surface area contributed by atoms with Crippen molar-refractivity contribution in [3.8, 4) is 5.75 Å². The first-order valence-electron chi connectivity index (χ1n) is 11.2. The molecule has 0 spiro atoms. The van der Waals surface area contributed by atoms with Crippen LogP contribution in [0.15, 0.2) is 65.6 Å². The third-order valence-corrected chi connectivity index (χ3v) is 7.23. The summed E-state index contributed by atoms with van der Waals surface area (Å²) in [4.78, 5) is 13.2. The van der Waals surface area contributed by atoms with Crippen molar-refractivity contribution in [2.45, 2.75) is 51.5 Å². The standard InChI is InChI=1S/C27H32N2O4S/c1-17(2)23-16-24(19(4)14-26(23)33-6)20(5)28-27(30)21-13-12-18(3)25(15-21)29-34(31,32)22-10-8-7-9-11-22/h7-17,20,29H,1-6H3,(H,28,30)/t20-/m1/s1. The number of sulfonamides is 1. The first-order chi connectivity index (χ1) is 16.0. The van der Waals surface area contributed by atoms with Gasteiger partial charge in [0, 0.05) is 5.56 Å². The van der Waals surface area contributed by atoms with E-state index in [-0.39, 0.29) is 22.8 Å². The molecule has 7 heteroatoms. The van der Waals surface area contributed by atoms with Crippen molar-refractivity contribution in [1.29, 1.82) is 0 Å². The lowest BCUT2D eigenvalue weighted by Gasteiger charge is -2.21. The fourth-order valence-electron chi connectivity index (χ4n) is 3.84. The number of nitrogens with one attached hydrogen (secondary N) is 2. The van der Waals surface area contributed by atoms with Gasteiger partial charge in [-0.2, -0.15) is 0 Å². The number of ether oxygens (including phenoxy) is 1. The molecule has 1 amide bonds. The highest BCUT2D eigenvalue weighted by Crippen LogP contribution is 2.32. The lowest BCUT2D eigenvalue weighted by atomic mass is 9.93. The van der Waals surface area contributed by atoms with Gasteiger partial charge in [-0.15, -0.1) is 0 Å². The minimum atomic E-state index is -3.76. The molecule has 3 rings (SSSR count). The molecule has 1 atom stereocenters. The molecule has 0 aliphatic carbocycles. The minimum Gasteiger partial charge on any atom is -0.496 e. The second-order valence-corrected chi connectivity index (χ2v) is 10.4. The second-order valence-electron chi connectivity index (χ2n) is 8.75. The Kier molecular flexibility index (Phi) is 7.67. The van der Waals surface area contributed by atoms with Gasteiger partial charge in [0.05, 0.1) is 23.7 Å². The summed E-state index contributed by atoms with van der Waals surface area (Å²) >= 11 is 0. The fourth-order valence-corrected chi connectivity index (χ4v) is 4.99. The van der Waals surface area contributed by atoms with Crippen LogP contribution in [0.3, 0.4) is 0 Å². The number of aryl methyl sites for hydroxylation is 2. The Morgan fingerprint density at radius 1 is 0.882 bits per heavy atom. The molecule has 0 fully saturated rings. The van der Waals surface area contributed by atoms with Crippen molar-refractivity contribution in [2.24, 2.45) is 0 Å². The number of rotatable bonds is 8. The summed E-state index contributed by atoms with van der Waals surface area (Å²) in [5.41, 5.74) is 4.57. The molecule has 0 radical (unpaired) electrons. The van der Waals surface area contributed by atoms with E-state index in [4.69, 9.17) is 4.74 Å². The molecule has 0 unspecified atom stereocenters. The fraction of sp³-hybridized carbons (Fsp3) is 0.296. The van der Waals surface area contributed by atoms with E-state index in [2.05, 4.69) is 30.0 Å². The number of anilines is 1. The van der Waals surface area contributed by atoms with E-state index >= 15 is 0 Å². The summed E-state index contributed by atoms with van der Waals surface area (Å²) in [7, 11) is -2.10. The van der Waals surface area contributed by atoms with E-state index in [0.717, 1.165) is 28.0 Å². The summed E-state index contributed by atoms with van der Waals surface area (Å²) in [5, 5.41) is 3.04. The number of carbonyl (C=O) groups excluding carboxylic acids is 1. The molecule has 6 nitrogen and oxygen atoms in total. The maximum absolute atomic E-state index is 13.1. The maximum Gasteiger partial charge on any atom is 0.261 e. The lowest BCUT2D eigenvalue weighted by Crippen LogP contribution is -2.27.